The molecule has 2 amide bonds. The zero-order valence-corrected chi connectivity index (χ0v) is 8.95. The lowest BCUT2D eigenvalue weighted by Crippen LogP contribution is -2.43. The summed E-state index contributed by atoms with van der Waals surface area (Å²) in [5.41, 5.74) is 6.42. The molecule has 3 N–H and O–H groups in total. The highest BCUT2D eigenvalue weighted by molar-refractivity contribution is 5.85. The molecular weight excluding hydrogens is 194 g/mol. The number of nitrogens with zero attached hydrogens (tertiary/aromatic N) is 1. The van der Waals surface area contributed by atoms with Crippen molar-refractivity contribution in [1.82, 2.24) is 10.2 Å². The Bertz CT molecular complexity index is 286. The smallest absolute Gasteiger partial charge is 0.242 e. The van der Waals surface area contributed by atoms with Gasteiger partial charge >= 0.3 is 0 Å². The van der Waals surface area contributed by atoms with Gasteiger partial charge in [0.15, 0.2) is 0 Å². The van der Waals surface area contributed by atoms with Crippen molar-refractivity contribution in [1.29, 1.82) is 0 Å². The Labute approximate surface area is 89.3 Å². The van der Waals surface area contributed by atoms with Gasteiger partial charge in [0.1, 0.15) is 0 Å². The van der Waals surface area contributed by atoms with Crippen LogP contribution in [0.3, 0.4) is 0 Å². The highest BCUT2D eigenvalue weighted by Crippen LogP contribution is 2.08. The van der Waals surface area contributed by atoms with Crippen LogP contribution in [0.15, 0.2) is 11.6 Å². The zero-order chi connectivity index (χ0) is 11.3. The molecule has 0 fully saturated rings. The predicted molar refractivity (Wildman–Crippen MR) is 57.0 cm³/mol. The maximum absolute atomic E-state index is 11.6. The molecule has 0 saturated carbocycles. The molecule has 5 heteroatoms. The van der Waals surface area contributed by atoms with Gasteiger partial charge in [-0.1, -0.05) is 11.6 Å². The number of amides is 2. The molecule has 0 aromatic heterocycles. The van der Waals surface area contributed by atoms with Crippen LogP contribution in [0.5, 0.6) is 0 Å². The molecule has 0 radical (unpaired) electrons. The second-order valence-corrected chi connectivity index (χ2v) is 3.62. The van der Waals surface area contributed by atoms with Crippen LogP contribution in [0.2, 0.25) is 0 Å². The fraction of sp³-hybridized carbons (Fsp3) is 0.600. The first kappa shape index (κ1) is 11.7. The number of carbonyl (C=O) groups is 2. The number of rotatable bonds is 3. The summed E-state index contributed by atoms with van der Waals surface area (Å²) in [4.78, 5) is 24.1. The second-order valence-electron chi connectivity index (χ2n) is 3.62. The first-order valence-electron chi connectivity index (χ1n) is 5.03. The Morgan fingerprint density at radius 2 is 2.33 bits per heavy atom. The molecule has 0 unspecified atom stereocenters. The van der Waals surface area contributed by atoms with E-state index >= 15 is 0 Å². The van der Waals surface area contributed by atoms with Gasteiger partial charge in [-0.2, -0.15) is 0 Å². The average Bonchev–Trinajstić information content (AvgIpc) is 2.26. The Hall–Kier alpha value is -1.36. The minimum Gasteiger partial charge on any atom is -0.346 e. The van der Waals surface area contributed by atoms with Gasteiger partial charge in [0.25, 0.3) is 0 Å². The Morgan fingerprint density at radius 1 is 1.60 bits per heavy atom. The molecule has 1 heterocycles. The number of hydrogen-bond acceptors (Lipinski definition) is 3. The van der Waals surface area contributed by atoms with Gasteiger partial charge < -0.3 is 16.0 Å². The molecule has 1 rings (SSSR count). The van der Waals surface area contributed by atoms with Crippen LogP contribution in [-0.4, -0.2) is 42.9 Å². The van der Waals surface area contributed by atoms with Crippen LogP contribution in [-0.2, 0) is 9.59 Å². The number of nitrogens with two attached hydrogens (primary N) is 1. The summed E-state index contributed by atoms with van der Waals surface area (Å²) in [6.07, 6.45) is 2.95. The van der Waals surface area contributed by atoms with E-state index < -0.39 is 0 Å². The van der Waals surface area contributed by atoms with Crippen molar-refractivity contribution in [2.75, 3.05) is 26.2 Å². The molecule has 5 nitrogen and oxygen atoms in total. The molecule has 15 heavy (non-hydrogen) atoms. The monoisotopic (exact) mass is 211 g/mol. The van der Waals surface area contributed by atoms with Gasteiger partial charge in [0.2, 0.25) is 11.8 Å². The van der Waals surface area contributed by atoms with Crippen LogP contribution in [0.1, 0.15) is 13.3 Å². The molecule has 0 spiro atoms. The second kappa shape index (κ2) is 5.50. The van der Waals surface area contributed by atoms with Gasteiger partial charge in [-0.3, -0.25) is 9.59 Å². The molecule has 84 valence electrons. The predicted octanol–water partition coefficient (Wildman–Crippen LogP) is -0.760. The molecule has 1 aliphatic rings. The van der Waals surface area contributed by atoms with E-state index in [9.17, 15) is 9.59 Å². The summed E-state index contributed by atoms with van der Waals surface area (Å²) in [5.74, 6) is -0.354. The van der Waals surface area contributed by atoms with E-state index in [1.54, 1.807) is 4.90 Å². The van der Waals surface area contributed by atoms with E-state index in [1.165, 1.54) is 5.57 Å². The number of nitrogens with one attached hydrogen (secondary N) is 1. The molecule has 0 aromatic carbocycles. The third kappa shape index (κ3) is 3.71. The molecule has 0 aromatic rings. The van der Waals surface area contributed by atoms with Crippen LogP contribution >= 0.6 is 0 Å². The van der Waals surface area contributed by atoms with Gasteiger partial charge in [-0.05, 0) is 13.3 Å². The summed E-state index contributed by atoms with van der Waals surface area (Å²) < 4.78 is 0. The van der Waals surface area contributed by atoms with E-state index in [2.05, 4.69) is 12.2 Å². The summed E-state index contributed by atoms with van der Waals surface area (Å²) in [6.45, 7) is 3.40. The molecule has 0 saturated heterocycles. The fourth-order valence-electron chi connectivity index (χ4n) is 1.36. The molecule has 0 bridgehead atoms. The number of hydrogen-bond donors (Lipinski definition) is 2. The highest BCUT2D eigenvalue weighted by Gasteiger charge is 2.15. The first-order chi connectivity index (χ1) is 7.13. The topological polar surface area (TPSA) is 75.4 Å². The SMILES string of the molecule is CC1=CCN(C(=O)CNC(=O)CN)CC1. The highest BCUT2D eigenvalue weighted by atomic mass is 16.2. The summed E-state index contributed by atoms with van der Waals surface area (Å²) in [7, 11) is 0. The molecular formula is C10H17N3O2. The van der Waals surface area contributed by atoms with Crippen LogP contribution in [0.4, 0.5) is 0 Å². The third-order valence-corrected chi connectivity index (χ3v) is 2.41. The van der Waals surface area contributed by atoms with Crippen molar-refractivity contribution in [2.24, 2.45) is 5.73 Å². The third-order valence-electron chi connectivity index (χ3n) is 2.41. The van der Waals surface area contributed by atoms with Gasteiger partial charge in [0, 0.05) is 13.1 Å². The normalized spacial score (nSPS) is 15.9. The number of carbonyl (C=O) groups excluding carboxylic acids is 2. The van der Waals surface area contributed by atoms with E-state index in [-0.39, 0.29) is 24.9 Å². The maximum Gasteiger partial charge on any atom is 0.242 e. The minimum atomic E-state index is -0.299. The van der Waals surface area contributed by atoms with Crippen molar-refractivity contribution >= 4 is 11.8 Å². The standard InChI is InChI=1S/C10H17N3O2/c1-8-2-4-13(5-3-8)10(15)7-12-9(14)6-11/h2H,3-7,11H2,1H3,(H,12,14). The van der Waals surface area contributed by atoms with Crippen molar-refractivity contribution < 1.29 is 9.59 Å². The van der Waals surface area contributed by atoms with Crippen LogP contribution < -0.4 is 11.1 Å². The largest absolute Gasteiger partial charge is 0.346 e. The van der Waals surface area contributed by atoms with Crippen molar-refractivity contribution in [3.05, 3.63) is 11.6 Å². The minimum absolute atomic E-state index is 0.0446. The average molecular weight is 211 g/mol. The summed E-state index contributed by atoms with van der Waals surface area (Å²) >= 11 is 0. The van der Waals surface area contributed by atoms with Crippen LogP contribution in [0, 0.1) is 0 Å². The van der Waals surface area contributed by atoms with Crippen molar-refractivity contribution in [3.63, 3.8) is 0 Å². The van der Waals surface area contributed by atoms with Gasteiger partial charge in [-0.25, -0.2) is 0 Å². The van der Waals surface area contributed by atoms with Gasteiger partial charge in [-0.15, -0.1) is 0 Å². The molecule has 0 atom stereocenters. The van der Waals surface area contributed by atoms with E-state index in [4.69, 9.17) is 5.73 Å². The first-order valence-corrected chi connectivity index (χ1v) is 5.03. The fourth-order valence-corrected chi connectivity index (χ4v) is 1.36. The quantitative estimate of drug-likeness (QED) is 0.602. The maximum atomic E-state index is 11.6. The van der Waals surface area contributed by atoms with Crippen molar-refractivity contribution in [2.45, 2.75) is 13.3 Å². The lowest BCUT2D eigenvalue weighted by Gasteiger charge is -2.25. The van der Waals surface area contributed by atoms with Crippen LogP contribution in [0.25, 0.3) is 0 Å². The summed E-state index contributed by atoms with van der Waals surface area (Å²) in [5, 5.41) is 2.46. The Morgan fingerprint density at radius 3 is 2.87 bits per heavy atom. The molecule has 1 aliphatic heterocycles. The zero-order valence-electron chi connectivity index (χ0n) is 8.95. The lowest BCUT2D eigenvalue weighted by molar-refractivity contribution is -0.132. The lowest BCUT2D eigenvalue weighted by atomic mass is 10.1. The Kier molecular flexibility index (Phi) is 4.30. The van der Waals surface area contributed by atoms with E-state index in [1.807, 2.05) is 6.08 Å². The summed E-state index contributed by atoms with van der Waals surface area (Å²) in [6, 6.07) is 0. The molecule has 0 aliphatic carbocycles. The van der Waals surface area contributed by atoms with Gasteiger partial charge in [0.05, 0.1) is 13.1 Å². The van der Waals surface area contributed by atoms with E-state index in [0.717, 1.165) is 13.0 Å². The Balaban J connectivity index is 2.32. The van der Waals surface area contributed by atoms with E-state index in [0.29, 0.717) is 6.54 Å². The van der Waals surface area contributed by atoms with Crippen molar-refractivity contribution in [3.8, 4) is 0 Å².